The van der Waals surface area contributed by atoms with Crippen LogP contribution in [0.4, 0.5) is 0 Å². The molecule has 0 saturated carbocycles. The van der Waals surface area contributed by atoms with E-state index in [0.29, 0.717) is 5.56 Å². The fraction of sp³-hybridized carbons (Fsp3) is 0.267. The van der Waals surface area contributed by atoms with Crippen molar-refractivity contribution >= 4 is 17.7 Å². The zero-order valence-corrected chi connectivity index (χ0v) is 13.3. The summed E-state index contributed by atoms with van der Waals surface area (Å²) in [7, 11) is 1.42. The predicted molar refractivity (Wildman–Crippen MR) is 84.3 cm³/mol. The molecule has 0 fully saturated rings. The lowest BCUT2D eigenvalue weighted by molar-refractivity contribution is 0.0513. The van der Waals surface area contributed by atoms with E-state index in [1.807, 2.05) is 18.4 Å². The summed E-state index contributed by atoms with van der Waals surface area (Å²) < 4.78 is 5.87. The Morgan fingerprint density at radius 3 is 2.55 bits per heavy atom. The number of aromatic hydroxyl groups is 1. The Morgan fingerprint density at radius 1 is 1.36 bits per heavy atom. The number of esters is 1. The first-order chi connectivity index (χ1) is 10.5. The number of carbonyl (C=O) groups excluding carboxylic acids is 1. The van der Waals surface area contributed by atoms with Gasteiger partial charge in [0.25, 0.3) is 5.56 Å². The van der Waals surface area contributed by atoms with Crippen LogP contribution in [0.25, 0.3) is 11.1 Å². The van der Waals surface area contributed by atoms with E-state index >= 15 is 0 Å². The Balaban J connectivity index is 2.63. The summed E-state index contributed by atoms with van der Waals surface area (Å²) in [4.78, 5) is 25.1. The fourth-order valence-corrected chi connectivity index (χ4v) is 2.39. The molecule has 0 bridgehead atoms. The number of ether oxygens (including phenoxy) is 1. The van der Waals surface area contributed by atoms with E-state index < -0.39 is 17.3 Å². The molecule has 1 aromatic carbocycles. The molecule has 0 spiro atoms. The minimum Gasteiger partial charge on any atom is -0.505 e. The van der Waals surface area contributed by atoms with Crippen molar-refractivity contribution in [2.75, 3.05) is 12.9 Å². The number of thioether (sulfide) groups is 1. The average Bonchev–Trinajstić information content (AvgIpc) is 2.52. The van der Waals surface area contributed by atoms with Crippen molar-refractivity contribution in [2.24, 2.45) is 7.05 Å². The molecule has 22 heavy (non-hydrogen) atoms. The molecule has 1 aromatic heterocycles. The van der Waals surface area contributed by atoms with Crippen LogP contribution in [0.1, 0.15) is 17.4 Å². The monoisotopic (exact) mass is 320 g/mol. The predicted octanol–water partition coefficient (Wildman–Crippen LogP) is 2.05. The molecule has 2 aromatic rings. The molecule has 2 rings (SSSR count). The Bertz CT molecular complexity index is 753. The molecule has 7 heteroatoms. The second-order valence-electron chi connectivity index (χ2n) is 4.45. The van der Waals surface area contributed by atoms with E-state index in [4.69, 9.17) is 4.74 Å². The van der Waals surface area contributed by atoms with Crippen molar-refractivity contribution in [3.63, 3.8) is 0 Å². The maximum absolute atomic E-state index is 12.3. The van der Waals surface area contributed by atoms with Gasteiger partial charge in [-0.25, -0.2) is 9.48 Å². The van der Waals surface area contributed by atoms with Crippen LogP contribution in [-0.4, -0.2) is 33.7 Å². The molecule has 1 N–H and O–H groups in total. The van der Waals surface area contributed by atoms with Gasteiger partial charge in [-0.05, 0) is 30.9 Å². The van der Waals surface area contributed by atoms with Gasteiger partial charge in [-0.15, -0.1) is 11.8 Å². The summed E-state index contributed by atoms with van der Waals surface area (Å²) in [6.45, 7) is 1.81. The van der Waals surface area contributed by atoms with Crippen molar-refractivity contribution in [1.82, 2.24) is 9.78 Å². The van der Waals surface area contributed by atoms with Crippen molar-refractivity contribution in [3.05, 3.63) is 40.3 Å². The molecular weight excluding hydrogens is 304 g/mol. The molecule has 0 amide bonds. The molecule has 6 nitrogen and oxygen atoms in total. The molecule has 0 aliphatic rings. The lowest BCUT2D eigenvalue weighted by Gasteiger charge is -2.10. The zero-order valence-electron chi connectivity index (χ0n) is 12.5. The number of hydrogen-bond acceptors (Lipinski definition) is 6. The van der Waals surface area contributed by atoms with Crippen LogP contribution < -0.4 is 5.56 Å². The van der Waals surface area contributed by atoms with Gasteiger partial charge in [0.05, 0.1) is 12.2 Å². The van der Waals surface area contributed by atoms with Gasteiger partial charge in [-0.1, -0.05) is 12.1 Å². The molecule has 1 heterocycles. The van der Waals surface area contributed by atoms with Gasteiger partial charge in [-0.3, -0.25) is 4.79 Å². The van der Waals surface area contributed by atoms with E-state index in [1.165, 1.54) is 7.05 Å². The van der Waals surface area contributed by atoms with E-state index in [-0.39, 0.29) is 17.9 Å². The highest BCUT2D eigenvalue weighted by molar-refractivity contribution is 7.98. The minimum absolute atomic E-state index is 0.0354. The summed E-state index contributed by atoms with van der Waals surface area (Å²) in [5.74, 6) is -1.23. The maximum Gasteiger partial charge on any atom is 0.362 e. The number of aromatic nitrogens is 2. The highest BCUT2D eigenvalue weighted by Crippen LogP contribution is 2.29. The van der Waals surface area contributed by atoms with Crippen LogP contribution in [0.15, 0.2) is 34.0 Å². The number of carbonyl (C=O) groups is 1. The van der Waals surface area contributed by atoms with Gasteiger partial charge in [-0.2, -0.15) is 5.10 Å². The van der Waals surface area contributed by atoms with Crippen LogP contribution in [0.2, 0.25) is 0 Å². The second kappa shape index (κ2) is 6.65. The van der Waals surface area contributed by atoms with Gasteiger partial charge in [0.1, 0.15) is 0 Å². The van der Waals surface area contributed by atoms with Crippen molar-refractivity contribution in [3.8, 4) is 16.9 Å². The molecule has 0 radical (unpaired) electrons. The Hall–Kier alpha value is -2.28. The third-order valence-corrected chi connectivity index (χ3v) is 3.81. The van der Waals surface area contributed by atoms with Gasteiger partial charge >= 0.3 is 5.97 Å². The lowest BCUT2D eigenvalue weighted by Crippen LogP contribution is -2.25. The first kappa shape index (κ1) is 16.1. The van der Waals surface area contributed by atoms with E-state index in [2.05, 4.69) is 5.10 Å². The van der Waals surface area contributed by atoms with E-state index in [9.17, 15) is 14.7 Å². The van der Waals surface area contributed by atoms with Gasteiger partial charge in [0.15, 0.2) is 5.75 Å². The largest absolute Gasteiger partial charge is 0.505 e. The SMILES string of the molecule is CCOC(=O)c1nn(C)c(=O)c(-c2ccc(SC)cc2)c1O. The third kappa shape index (κ3) is 2.99. The third-order valence-electron chi connectivity index (χ3n) is 3.07. The van der Waals surface area contributed by atoms with Gasteiger partial charge in [0.2, 0.25) is 5.69 Å². The Labute approximate surface area is 131 Å². The standard InChI is InChI=1S/C15H16N2O4S/c1-4-21-15(20)12-13(18)11(14(19)17(2)16-12)9-5-7-10(22-3)8-6-9/h5-8,18H,4H2,1-3H3. The van der Waals surface area contributed by atoms with Crippen LogP contribution in [0, 0.1) is 0 Å². The van der Waals surface area contributed by atoms with Crippen molar-refractivity contribution in [2.45, 2.75) is 11.8 Å². The van der Waals surface area contributed by atoms with Crippen LogP contribution in [-0.2, 0) is 11.8 Å². The second-order valence-corrected chi connectivity index (χ2v) is 5.33. The number of rotatable bonds is 4. The zero-order chi connectivity index (χ0) is 16.3. The summed E-state index contributed by atoms with van der Waals surface area (Å²) in [6.07, 6.45) is 1.94. The Morgan fingerprint density at radius 2 is 2.00 bits per heavy atom. The first-order valence-corrected chi connectivity index (χ1v) is 7.83. The average molecular weight is 320 g/mol. The first-order valence-electron chi connectivity index (χ1n) is 6.61. The maximum atomic E-state index is 12.3. The highest BCUT2D eigenvalue weighted by atomic mass is 32.2. The minimum atomic E-state index is -0.766. The molecule has 116 valence electrons. The molecule has 0 unspecified atom stereocenters. The van der Waals surface area contributed by atoms with Gasteiger partial charge < -0.3 is 9.84 Å². The smallest absolute Gasteiger partial charge is 0.362 e. The summed E-state index contributed by atoms with van der Waals surface area (Å²) in [5, 5.41) is 14.1. The van der Waals surface area contributed by atoms with Crippen molar-refractivity contribution < 1.29 is 14.6 Å². The van der Waals surface area contributed by atoms with Crippen LogP contribution in [0.3, 0.4) is 0 Å². The van der Waals surface area contributed by atoms with Crippen LogP contribution >= 0.6 is 11.8 Å². The number of hydrogen-bond donors (Lipinski definition) is 1. The van der Waals surface area contributed by atoms with E-state index in [0.717, 1.165) is 9.58 Å². The lowest BCUT2D eigenvalue weighted by atomic mass is 10.1. The Kier molecular flexibility index (Phi) is 4.87. The number of benzene rings is 1. The molecule has 0 atom stereocenters. The summed E-state index contributed by atoms with van der Waals surface area (Å²) in [6, 6.07) is 7.11. The fourth-order valence-electron chi connectivity index (χ4n) is 1.98. The molecule has 0 aliphatic carbocycles. The highest BCUT2D eigenvalue weighted by Gasteiger charge is 2.23. The number of aryl methyl sites for hydroxylation is 1. The summed E-state index contributed by atoms with van der Waals surface area (Å²) >= 11 is 1.57. The quantitative estimate of drug-likeness (QED) is 0.686. The molecule has 0 aliphatic heterocycles. The molecule has 0 saturated heterocycles. The molecular formula is C15H16N2O4S. The summed E-state index contributed by atoms with van der Waals surface area (Å²) in [5.41, 5.74) is -0.201. The van der Waals surface area contributed by atoms with E-state index in [1.54, 1.807) is 30.8 Å². The topological polar surface area (TPSA) is 81.4 Å². The van der Waals surface area contributed by atoms with Crippen molar-refractivity contribution in [1.29, 1.82) is 0 Å². The normalized spacial score (nSPS) is 10.5. The van der Waals surface area contributed by atoms with Crippen LogP contribution in [0.5, 0.6) is 5.75 Å². The van der Waals surface area contributed by atoms with Gasteiger partial charge in [0, 0.05) is 11.9 Å². The number of nitrogens with zero attached hydrogens (tertiary/aromatic N) is 2.